The number of amides is 3. The van der Waals surface area contributed by atoms with E-state index in [1.54, 1.807) is 44.7 Å². The van der Waals surface area contributed by atoms with Gasteiger partial charge in [0.05, 0.1) is 0 Å². The first kappa shape index (κ1) is 31.7. The minimum absolute atomic E-state index is 0.0540. The number of phenolic OH excluding ortho intramolecular Hbond substituents is 1. The first-order valence-corrected chi connectivity index (χ1v) is 13.6. The van der Waals surface area contributed by atoms with Crippen molar-refractivity contribution < 1.29 is 24.2 Å². The number of ether oxygens (including phenoxy) is 1. The molecular weight excluding hydrogens is 494 g/mol. The zero-order valence-electron chi connectivity index (χ0n) is 24.8. The van der Waals surface area contributed by atoms with E-state index in [1.807, 2.05) is 39.0 Å². The second kappa shape index (κ2) is 13.5. The Hall–Kier alpha value is -3.55. The van der Waals surface area contributed by atoms with Gasteiger partial charge in [0, 0.05) is 11.7 Å². The van der Waals surface area contributed by atoms with Gasteiger partial charge in [0.2, 0.25) is 5.91 Å². The number of benzene rings is 2. The first-order chi connectivity index (χ1) is 18.1. The summed E-state index contributed by atoms with van der Waals surface area (Å²) in [6.45, 7) is 16.8. The summed E-state index contributed by atoms with van der Waals surface area (Å²) in [5.41, 5.74) is 2.31. The molecule has 8 nitrogen and oxygen atoms in total. The summed E-state index contributed by atoms with van der Waals surface area (Å²) in [7, 11) is 0. The van der Waals surface area contributed by atoms with Gasteiger partial charge in [0.1, 0.15) is 23.4 Å². The molecule has 3 amide bonds. The van der Waals surface area contributed by atoms with Gasteiger partial charge in [-0.05, 0) is 96.0 Å². The van der Waals surface area contributed by atoms with Gasteiger partial charge in [0.15, 0.2) is 0 Å². The number of nitrogens with zero attached hydrogens (tertiary/aromatic N) is 1. The van der Waals surface area contributed by atoms with Gasteiger partial charge in [-0.1, -0.05) is 44.2 Å². The number of phenols is 1. The summed E-state index contributed by atoms with van der Waals surface area (Å²) in [6.07, 6.45) is 0.798. The highest BCUT2D eigenvalue weighted by Gasteiger charge is 2.38. The molecule has 2 aromatic carbocycles. The van der Waals surface area contributed by atoms with Crippen LogP contribution in [-0.2, 0) is 14.3 Å². The van der Waals surface area contributed by atoms with E-state index in [0.29, 0.717) is 23.6 Å². The number of para-hydroxylation sites is 1. The molecule has 0 saturated heterocycles. The Morgan fingerprint density at radius 2 is 1.49 bits per heavy atom. The van der Waals surface area contributed by atoms with E-state index in [-0.39, 0.29) is 17.7 Å². The molecule has 8 heteroatoms. The van der Waals surface area contributed by atoms with Gasteiger partial charge in [-0.15, -0.1) is 0 Å². The summed E-state index contributed by atoms with van der Waals surface area (Å²) >= 11 is 0. The number of carbonyl (C=O) groups is 3. The molecule has 0 heterocycles. The summed E-state index contributed by atoms with van der Waals surface area (Å²) in [6, 6.07) is 9.75. The summed E-state index contributed by atoms with van der Waals surface area (Å²) in [5.74, 6) is -0.338. The Kier molecular flexibility index (Phi) is 11.0. The lowest BCUT2D eigenvalue weighted by atomic mass is 9.97. The lowest BCUT2D eigenvalue weighted by Gasteiger charge is -2.38. The third-order valence-corrected chi connectivity index (χ3v) is 6.46. The van der Waals surface area contributed by atoms with Crippen LogP contribution in [0.2, 0.25) is 0 Å². The van der Waals surface area contributed by atoms with Crippen LogP contribution in [-0.4, -0.2) is 45.6 Å². The Morgan fingerprint density at radius 1 is 0.923 bits per heavy atom. The SMILES string of the molecule is Cc1cccc(C)c1NC(=O)C(c1ccc(O)cc1)N(C(=O)C(C)NC(=O)OC(C)(C)C)C(C)CCC(C)C. The number of aryl methyl sites for hydroxylation is 2. The average Bonchev–Trinajstić information content (AvgIpc) is 2.82. The fraction of sp³-hybridized carbons (Fsp3) is 0.516. The zero-order chi connectivity index (χ0) is 29.5. The molecule has 0 saturated carbocycles. The molecule has 0 aliphatic carbocycles. The van der Waals surface area contributed by atoms with Crippen molar-refractivity contribution in [2.45, 2.75) is 98.9 Å². The molecular formula is C31H45N3O5. The highest BCUT2D eigenvalue weighted by atomic mass is 16.6. The number of aromatic hydroxyl groups is 1. The van der Waals surface area contributed by atoms with Crippen LogP contribution in [0.1, 0.15) is 84.0 Å². The molecule has 3 unspecified atom stereocenters. The Labute approximate surface area is 233 Å². The van der Waals surface area contributed by atoms with Gasteiger partial charge >= 0.3 is 6.09 Å². The fourth-order valence-corrected chi connectivity index (χ4v) is 4.38. The van der Waals surface area contributed by atoms with Crippen molar-refractivity contribution in [1.29, 1.82) is 0 Å². The van der Waals surface area contributed by atoms with E-state index in [2.05, 4.69) is 24.5 Å². The van der Waals surface area contributed by atoms with E-state index in [9.17, 15) is 19.5 Å². The molecule has 0 fully saturated rings. The third-order valence-electron chi connectivity index (χ3n) is 6.46. The Morgan fingerprint density at radius 3 is 2.00 bits per heavy atom. The predicted molar refractivity (Wildman–Crippen MR) is 155 cm³/mol. The Bertz CT molecular complexity index is 1120. The molecule has 3 N–H and O–H groups in total. The first-order valence-electron chi connectivity index (χ1n) is 13.6. The van der Waals surface area contributed by atoms with Crippen LogP contribution in [0, 0.1) is 19.8 Å². The van der Waals surface area contributed by atoms with Crippen LogP contribution < -0.4 is 10.6 Å². The maximum atomic E-state index is 14.0. The second-order valence-electron chi connectivity index (χ2n) is 11.7. The van der Waals surface area contributed by atoms with Gasteiger partial charge < -0.3 is 25.4 Å². The summed E-state index contributed by atoms with van der Waals surface area (Å²) in [4.78, 5) is 42.1. The van der Waals surface area contributed by atoms with Crippen molar-refractivity contribution >= 4 is 23.6 Å². The third kappa shape index (κ3) is 9.30. The lowest BCUT2D eigenvalue weighted by molar-refractivity contribution is -0.143. The summed E-state index contributed by atoms with van der Waals surface area (Å²) in [5, 5.41) is 15.6. The predicted octanol–water partition coefficient (Wildman–Crippen LogP) is 6.26. The Balaban J connectivity index is 2.55. The number of rotatable bonds is 10. The molecule has 3 atom stereocenters. The van der Waals surface area contributed by atoms with Crippen molar-refractivity contribution in [2.75, 3.05) is 5.32 Å². The van der Waals surface area contributed by atoms with Crippen LogP contribution in [0.15, 0.2) is 42.5 Å². The van der Waals surface area contributed by atoms with E-state index >= 15 is 0 Å². The molecule has 0 bridgehead atoms. The molecule has 39 heavy (non-hydrogen) atoms. The maximum Gasteiger partial charge on any atom is 0.408 e. The van der Waals surface area contributed by atoms with Crippen molar-refractivity contribution in [3.8, 4) is 5.75 Å². The standard InChI is InChI=1S/C31H45N3O5/c1-19(2)13-14-22(5)34(29(37)23(6)32-30(38)39-31(7,8)9)27(24-15-17-25(35)18-16-24)28(36)33-26-20(3)11-10-12-21(26)4/h10-12,15-19,22-23,27,35H,13-14H2,1-9H3,(H,32,38)(H,33,36). The molecule has 0 spiro atoms. The van der Waals surface area contributed by atoms with E-state index in [0.717, 1.165) is 17.5 Å². The fourth-order valence-electron chi connectivity index (χ4n) is 4.38. The molecule has 0 radical (unpaired) electrons. The topological polar surface area (TPSA) is 108 Å². The minimum atomic E-state index is -1.01. The number of hydrogen-bond acceptors (Lipinski definition) is 5. The highest BCUT2D eigenvalue weighted by molar-refractivity contribution is 6.00. The number of alkyl carbamates (subject to hydrolysis) is 1. The van der Waals surface area contributed by atoms with Crippen LogP contribution in [0.3, 0.4) is 0 Å². The van der Waals surface area contributed by atoms with Crippen molar-refractivity contribution in [3.05, 3.63) is 59.2 Å². The van der Waals surface area contributed by atoms with Crippen LogP contribution in [0.25, 0.3) is 0 Å². The quantitative estimate of drug-likeness (QED) is 0.330. The van der Waals surface area contributed by atoms with Gasteiger partial charge in [0.25, 0.3) is 5.91 Å². The van der Waals surface area contributed by atoms with E-state index in [4.69, 9.17) is 4.74 Å². The van der Waals surface area contributed by atoms with Crippen LogP contribution in [0.5, 0.6) is 5.75 Å². The molecule has 0 aromatic heterocycles. The normalized spacial score (nSPS) is 13.8. The lowest BCUT2D eigenvalue weighted by Crippen LogP contribution is -2.54. The smallest absolute Gasteiger partial charge is 0.408 e. The van der Waals surface area contributed by atoms with E-state index in [1.165, 1.54) is 12.1 Å². The van der Waals surface area contributed by atoms with Gasteiger partial charge in [-0.2, -0.15) is 0 Å². The van der Waals surface area contributed by atoms with Crippen LogP contribution in [0.4, 0.5) is 10.5 Å². The van der Waals surface area contributed by atoms with Crippen molar-refractivity contribution in [1.82, 2.24) is 10.2 Å². The second-order valence-corrected chi connectivity index (χ2v) is 11.7. The van der Waals surface area contributed by atoms with E-state index < -0.39 is 29.7 Å². The minimum Gasteiger partial charge on any atom is -0.508 e. The van der Waals surface area contributed by atoms with Gasteiger partial charge in [-0.3, -0.25) is 9.59 Å². The summed E-state index contributed by atoms with van der Waals surface area (Å²) < 4.78 is 5.36. The number of carbonyl (C=O) groups excluding carboxylic acids is 3. The number of anilines is 1. The van der Waals surface area contributed by atoms with Crippen molar-refractivity contribution in [2.24, 2.45) is 5.92 Å². The highest BCUT2D eigenvalue weighted by Crippen LogP contribution is 2.31. The molecule has 214 valence electrons. The number of nitrogens with one attached hydrogen (secondary N) is 2. The van der Waals surface area contributed by atoms with Gasteiger partial charge in [-0.25, -0.2) is 4.79 Å². The molecule has 2 aromatic rings. The van der Waals surface area contributed by atoms with Crippen LogP contribution >= 0.6 is 0 Å². The van der Waals surface area contributed by atoms with Crippen molar-refractivity contribution in [3.63, 3.8) is 0 Å². The molecule has 0 aliphatic rings. The maximum absolute atomic E-state index is 14.0. The average molecular weight is 540 g/mol. The monoisotopic (exact) mass is 539 g/mol. The largest absolute Gasteiger partial charge is 0.508 e. The molecule has 2 rings (SSSR count). The molecule has 0 aliphatic heterocycles. The number of hydrogen-bond donors (Lipinski definition) is 3. The zero-order valence-corrected chi connectivity index (χ0v) is 24.8.